The minimum absolute atomic E-state index is 0.0152. The van der Waals surface area contributed by atoms with Crippen molar-refractivity contribution in [3.63, 3.8) is 0 Å². The number of nitrogens with one attached hydrogen (secondary N) is 2. The van der Waals surface area contributed by atoms with Crippen molar-refractivity contribution in [3.05, 3.63) is 39.9 Å². The number of carbonyl (C=O) groups is 1. The summed E-state index contributed by atoms with van der Waals surface area (Å²) in [4.78, 5) is 12.0. The molecule has 2 N–H and O–H groups in total. The molecule has 2 heterocycles. The number of halogens is 1. The molecule has 0 unspecified atom stereocenters. The molecule has 0 saturated carbocycles. The fraction of sp³-hybridized carbons (Fsp3) is 0.308. The molecule has 0 bridgehead atoms. The van der Waals surface area contributed by atoms with Crippen LogP contribution in [-0.4, -0.2) is 27.2 Å². The van der Waals surface area contributed by atoms with Gasteiger partial charge in [0, 0.05) is 6.54 Å². The van der Waals surface area contributed by atoms with Gasteiger partial charge in [0.2, 0.25) is 5.91 Å². The Kier molecular flexibility index (Phi) is 3.58. The van der Waals surface area contributed by atoms with E-state index in [1.807, 2.05) is 18.2 Å². The molecule has 1 aromatic carbocycles. The van der Waals surface area contributed by atoms with Gasteiger partial charge in [0.05, 0.1) is 16.6 Å². The van der Waals surface area contributed by atoms with Crippen molar-refractivity contribution < 1.29 is 4.79 Å². The highest BCUT2D eigenvalue weighted by Crippen LogP contribution is 2.28. The van der Waals surface area contributed by atoms with Crippen molar-refractivity contribution >= 4 is 29.7 Å². The van der Waals surface area contributed by atoms with Crippen LogP contribution in [0.2, 0.25) is 5.02 Å². The van der Waals surface area contributed by atoms with E-state index in [1.165, 1.54) is 0 Å². The summed E-state index contributed by atoms with van der Waals surface area (Å²) in [7, 11) is 0. The van der Waals surface area contributed by atoms with Gasteiger partial charge in [-0.15, -0.1) is 0 Å². The first-order valence-electron chi connectivity index (χ1n) is 6.38. The monoisotopic (exact) mass is 308 g/mol. The number of aromatic amines is 1. The van der Waals surface area contributed by atoms with Crippen LogP contribution in [0.3, 0.4) is 0 Å². The zero-order chi connectivity index (χ0) is 14.1. The van der Waals surface area contributed by atoms with Crippen molar-refractivity contribution in [1.29, 1.82) is 0 Å². The lowest BCUT2D eigenvalue weighted by Gasteiger charge is -2.21. The van der Waals surface area contributed by atoms with E-state index < -0.39 is 0 Å². The predicted molar refractivity (Wildman–Crippen MR) is 78.7 cm³/mol. The molecule has 7 heteroatoms. The fourth-order valence-electron chi connectivity index (χ4n) is 2.43. The van der Waals surface area contributed by atoms with Crippen LogP contribution in [-0.2, 0) is 4.79 Å². The fourth-order valence-corrected chi connectivity index (χ4v) is 2.88. The minimum Gasteiger partial charge on any atom is -0.355 e. The van der Waals surface area contributed by atoms with Gasteiger partial charge in [-0.3, -0.25) is 14.5 Å². The van der Waals surface area contributed by atoms with Gasteiger partial charge in [-0.1, -0.05) is 23.7 Å². The molecule has 1 amide bonds. The molecule has 2 aromatic rings. The molecule has 3 rings (SSSR count). The first-order chi connectivity index (χ1) is 9.68. The Hall–Kier alpha value is -1.66. The molecule has 104 valence electrons. The topological polar surface area (TPSA) is 62.7 Å². The van der Waals surface area contributed by atoms with Crippen LogP contribution in [0.4, 0.5) is 0 Å². The first kappa shape index (κ1) is 13.3. The molecule has 1 saturated heterocycles. The summed E-state index contributed by atoms with van der Waals surface area (Å²) in [6.45, 7) is 0.715. The van der Waals surface area contributed by atoms with Crippen molar-refractivity contribution in [3.8, 4) is 5.69 Å². The molecule has 1 aliphatic heterocycles. The van der Waals surface area contributed by atoms with Crippen molar-refractivity contribution in [2.24, 2.45) is 0 Å². The van der Waals surface area contributed by atoms with Gasteiger partial charge in [0.1, 0.15) is 5.82 Å². The standard InChI is InChI=1S/C13H13ClN4OS/c14-9-5-1-2-6-10(9)18-11(16-17-13(18)20)8-4-3-7-15-12(8)19/h1-2,5-6,8H,3-4,7H2,(H,15,19)(H,17,20)/t8-/m1/s1. The molecule has 0 spiro atoms. The maximum atomic E-state index is 12.0. The smallest absolute Gasteiger partial charge is 0.230 e. The molecule has 1 aromatic heterocycles. The van der Waals surface area contributed by atoms with Gasteiger partial charge in [-0.2, -0.15) is 5.10 Å². The van der Waals surface area contributed by atoms with Gasteiger partial charge in [0.15, 0.2) is 4.77 Å². The van der Waals surface area contributed by atoms with E-state index in [4.69, 9.17) is 23.8 Å². The third-order valence-electron chi connectivity index (χ3n) is 3.39. The van der Waals surface area contributed by atoms with Gasteiger partial charge < -0.3 is 5.32 Å². The largest absolute Gasteiger partial charge is 0.355 e. The number of benzene rings is 1. The average molecular weight is 309 g/mol. The molecule has 0 aliphatic carbocycles. The molecule has 20 heavy (non-hydrogen) atoms. The Morgan fingerprint density at radius 1 is 1.40 bits per heavy atom. The van der Waals surface area contributed by atoms with Crippen LogP contribution in [0, 0.1) is 4.77 Å². The number of nitrogens with zero attached hydrogens (tertiary/aromatic N) is 2. The van der Waals surface area contributed by atoms with Crippen LogP contribution in [0.15, 0.2) is 24.3 Å². The van der Waals surface area contributed by atoms with Gasteiger partial charge in [0.25, 0.3) is 0 Å². The number of carbonyl (C=O) groups excluding carboxylic acids is 1. The summed E-state index contributed by atoms with van der Waals surface area (Å²) >= 11 is 11.5. The maximum absolute atomic E-state index is 12.0. The van der Waals surface area contributed by atoms with Gasteiger partial charge in [-0.05, 0) is 37.2 Å². The Morgan fingerprint density at radius 3 is 2.95 bits per heavy atom. The second-order valence-corrected chi connectivity index (χ2v) is 5.45. The zero-order valence-electron chi connectivity index (χ0n) is 10.6. The molecule has 0 radical (unpaired) electrons. The first-order valence-corrected chi connectivity index (χ1v) is 7.17. The molecular formula is C13H13ClN4OS. The lowest BCUT2D eigenvalue weighted by molar-refractivity contribution is -0.124. The zero-order valence-corrected chi connectivity index (χ0v) is 12.2. The predicted octanol–water partition coefficient (Wildman–Crippen LogP) is 2.58. The van der Waals surface area contributed by atoms with Crippen LogP contribution >= 0.6 is 23.8 Å². The van der Waals surface area contributed by atoms with Crippen LogP contribution in [0.25, 0.3) is 5.69 Å². The third kappa shape index (κ3) is 2.25. The van der Waals surface area contributed by atoms with E-state index >= 15 is 0 Å². The Balaban J connectivity index is 2.13. The summed E-state index contributed by atoms with van der Waals surface area (Å²) in [6.07, 6.45) is 1.69. The number of amides is 1. The van der Waals surface area contributed by atoms with Gasteiger partial charge in [-0.25, -0.2) is 0 Å². The average Bonchev–Trinajstić information content (AvgIpc) is 2.82. The quantitative estimate of drug-likeness (QED) is 0.838. The molecular weight excluding hydrogens is 296 g/mol. The Labute approximate surface area is 126 Å². The highest BCUT2D eigenvalue weighted by atomic mass is 35.5. The van der Waals surface area contributed by atoms with Crippen molar-refractivity contribution in [2.75, 3.05) is 6.54 Å². The van der Waals surface area contributed by atoms with Gasteiger partial charge >= 0.3 is 0 Å². The van der Waals surface area contributed by atoms with Crippen molar-refractivity contribution in [1.82, 2.24) is 20.1 Å². The van der Waals surface area contributed by atoms with E-state index in [0.29, 0.717) is 22.2 Å². The number of hydrogen-bond acceptors (Lipinski definition) is 3. The maximum Gasteiger partial charge on any atom is 0.230 e. The van der Waals surface area contributed by atoms with E-state index in [1.54, 1.807) is 10.6 Å². The Bertz CT molecular complexity index is 708. The Morgan fingerprint density at radius 2 is 2.20 bits per heavy atom. The van der Waals surface area contributed by atoms with E-state index in [2.05, 4.69) is 15.5 Å². The van der Waals surface area contributed by atoms with E-state index in [9.17, 15) is 4.79 Å². The SMILES string of the molecule is O=C1NCCC[C@@H]1c1n[nH]c(=S)n1-c1ccccc1Cl. The molecule has 1 aliphatic rings. The lowest BCUT2D eigenvalue weighted by atomic mass is 9.97. The second-order valence-electron chi connectivity index (χ2n) is 4.66. The second kappa shape index (κ2) is 5.38. The summed E-state index contributed by atoms with van der Waals surface area (Å²) in [5.74, 6) is 0.298. The summed E-state index contributed by atoms with van der Waals surface area (Å²) in [6, 6.07) is 7.37. The third-order valence-corrected chi connectivity index (χ3v) is 3.98. The number of rotatable bonds is 2. The summed E-state index contributed by atoms with van der Waals surface area (Å²) < 4.78 is 2.18. The van der Waals surface area contributed by atoms with Crippen molar-refractivity contribution in [2.45, 2.75) is 18.8 Å². The highest BCUT2D eigenvalue weighted by Gasteiger charge is 2.29. The highest BCUT2D eigenvalue weighted by molar-refractivity contribution is 7.71. The van der Waals surface area contributed by atoms with E-state index in [0.717, 1.165) is 18.5 Å². The van der Waals surface area contributed by atoms with Crippen LogP contribution in [0.5, 0.6) is 0 Å². The molecule has 1 atom stereocenters. The summed E-state index contributed by atoms with van der Waals surface area (Å²) in [5.41, 5.74) is 0.737. The normalized spacial score (nSPS) is 18.9. The lowest BCUT2D eigenvalue weighted by Crippen LogP contribution is -2.36. The number of aromatic nitrogens is 3. The molecule has 1 fully saturated rings. The summed E-state index contributed by atoms with van der Waals surface area (Å²) in [5, 5.41) is 10.4. The van der Waals surface area contributed by atoms with Crippen LogP contribution in [0.1, 0.15) is 24.6 Å². The number of H-pyrrole nitrogens is 1. The molecule has 5 nitrogen and oxygen atoms in total. The van der Waals surface area contributed by atoms with Crippen LogP contribution < -0.4 is 5.32 Å². The number of hydrogen-bond donors (Lipinski definition) is 2. The van der Waals surface area contributed by atoms with E-state index in [-0.39, 0.29) is 11.8 Å². The number of para-hydroxylation sites is 1. The minimum atomic E-state index is -0.298. The number of piperidine rings is 1.